The summed E-state index contributed by atoms with van der Waals surface area (Å²) in [4.78, 5) is 31.6. The Morgan fingerprint density at radius 3 is 2.78 bits per heavy atom. The highest BCUT2D eigenvalue weighted by molar-refractivity contribution is 7.99. The molecule has 1 amide bonds. The van der Waals surface area contributed by atoms with Crippen molar-refractivity contribution in [3.05, 3.63) is 24.3 Å². The summed E-state index contributed by atoms with van der Waals surface area (Å²) in [7, 11) is 1.31. The van der Waals surface area contributed by atoms with Gasteiger partial charge in [-0.25, -0.2) is 9.78 Å². The third kappa shape index (κ3) is 4.54. The Bertz CT molecular complexity index is 972. The van der Waals surface area contributed by atoms with Crippen molar-refractivity contribution >= 4 is 45.7 Å². The van der Waals surface area contributed by atoms with E-state index in [2.05, 4.69) is 25.5 Å². The van der Waals surface area contributed by atoms with Crippen molar-refractivity contribution in [2.45, 2.75) is 31.5 Å². The average Bonchev–Trinajstić information content (AvgIpc) is 3.02. The Morgan fingerprint density at radius 2 is 2.04 bits per heavy atom. The fourth-order valence-corrected chi connectivity index (χ4v) is 3.36. The highest BCUT2D eigenvalue weighted by atomic mass is 32.2. The predicted octanol–water partition coefficient (Wildman–Crippen LogP) is 2.30. The zero-order valence-corrected chi connectivity index (χ0v) is 16.2. The number of ether oxygens (including phenoxy) is 1. The van der Waals surface area contributed by atoms with Gasteiger partial charge in [0.15, 0.2) is 5.65 Å². The number of esters is 1. The molecule has 2 aromatic heterocycles. The lowest BCUT2D eigenvalue weighted by Gasteiger charge is -2.18. The van der Waals surface area contributed by atoms with Crippen LogP contribution in [0.2, 0.25) is 0 Å². The van der Waals surface area contributed by atoms with E-state index in [0.717, 1.165) is 22.7 Å². The molecular weight excluding hydrogens is 366 g/mol. The molecule has 8 nitrogen and oxygen atoms in total. The molecular formula is C18H21N5O3S. The number of carbonyl (C=O) groups is 2. The van der Waals surface area contributed by atoms with E-state index in [4.69, 9.17) is 4.74 Å². The maximum Gasteiger partial charge on any atom is 0.328 e. The van der Waals surface area contributed by atoms with E-state index in [1.807, 2.05) is 38.1 Å². The number of nitrogens with one attached hydrogen (secondary N) is 2. The largest absolute Gasteiger partial charge is 0.467 e. The Hall–Kier alpha value is -2.68. The molecule has 27 heavy (non-hydrogen) atoms. The molecule has 3 rings (SSSR count). The lowest BCUT2D eigenvalue weighted by Crippen LogP contribution is -2.43. The van der Waals surface area contributed by atoms with Gasteiger partial charge in [0.1, 0.15) is 11.6 Å². The molecule has 1 aromatic carbocycles. The average molecular weight is 387 g/mol. The van der Waals surface area contributed by atoms with Gasteiger partial charge in [0.25, 0.3) is 0 Å². The molecule has 0 fully saturated rings. The first kappa shape index (κ1) is 19.1. The van der Waals surface area contributed by atoms with Gasteiger partial charge in [-0.2, -0.15) is 0 Å². The molecule has 0 bridgehead atoms. The van der Waals surface area contributed by atoms with E-state index in [1.165, 1.54) is 7.11 Å². The van der Waals surface area contributed by atoms with E-state index >= 15 is 0 Å². The lowest BCUT2D eigenvalue weighted by atomic mass is 10.0. The topological polar surface area (TPSA) is 110 Å². The van der Waals surface area contributed by atoms with Crippen LogP contribution in [-0.2, 0) is 14.3 Å². The number of aromatic nitrogens is 4. The van der Waals surface area contributed by atoms with Crippen molar-refractivity contribution < 1.29 is 14.3 Å². The summed E-state index contributed by atoms with van der Waals surface area (Å²) in [6.45, 7) is 3.96. The smallest absolute Gasteiger partial charge is 0.328 e. The molecule has 0 saturated heterocycles. The molecule has 2 heterocycles. The summed E-state index contributed by atoms with van der Waals surface area (Å²) in [5.74, 6) is -0.395. The first-order valence-corrected chi connectivity index (χ1v) is 9.57. The number of aromatic amines is 1. The minimum atomic E-state index is -0.654. The van der Waals surface area contributed by atoms with Crippen LogP contribution in [0.25, 0.3) is 22.1 Å². The number of hydrogen-bond acceptors (Lipinski definition) is 7. The quantitative estimate of drug-likeness (QED) is 0.473. The molecule has 0 aliphatic heterocycles. The van der Waals surface area contributed by atoms with Crippen LogP contribution in [0.1, 0.15) is 20.3 Å². The fraction of sp³-hybridized carbons (Fsp3) is 0.389. The molecule has 0 spiro atoms. The van der Waals surface area contributed by atoms with Crippen molar-refractivity contribution in [3.8, 4) is 0 Å². The number of para-hydroxylation sites is 1. The molecule has 1 unspecified atom stereocenters. The zero-order chi connectivity index (χ0) is 19.4. The van der Waals surface area contributed by atoms with Crippen LogP contribution >= 0.6 is 11.8 Å². The first-order chi connectivity index (χ1) is 13.0. The Balaban J connectivity index is 1.65. The molecule has 142 valence electrons. The standard InChI is InChI=1S/C18H21N5O3S/c1-10(2)8-13(17(25)26-3)19-14(24)9-27-18-21-16-15(22-23-18)11-6-4-5-7-12(11)20-16/h4-7,10,13H,8-9H2,1-3H3,(H,19,24)(H,20,21,23). The highest BCUT2D eigenvalue weighted by Crippen LogP contribution is 2.23. The number of nitrogens with zero attached hydrogens (tertiary/aromatic N) is 3. The van der Waals surface area contributed by atoms with Crippen LogP contribution < -0.4 is 5.32 Å². The summed E-state index contributed by atoms with van der Waals surface area (Å²) in [5, 5.41) is 12.4. The second-order valence-electron chi connectivity index (χ2n) is 6.52. The van der Waals surface area contributed by atoms with Crippen LogP contribution in [0.4, 0.5) is 0 Å². The maximum atomic E-state index is 12.2. The number of H-pyrrole nitrogens is 1. The molecule has 2 N–H and O–H groups in total. The van der Waals surface area contributed by atoms with Crippen LogP contribution in [0.15, 0.2) is 29.4 Å². The summed E-state index contributed by atoms with van der Waals surface area (Å²) < 4.78 is 4.75. The van der Waals surface area contributed by atoms with Crippen LogP contribution in [0.3, 0.4) is 0 Å². The number of fused-ring (bicyclic) bond motifs is 3. The number of hydrogen-bond donors (Lipinski definition) is 2. The number of amides is 1. The van der Waals surface area contributed by atoms with Gasteiger partial charge in [0, 0.05) is 10.9 Å². The second kappa shape index (κ2) is 8.34. The SMILES string of the molecule is COC(=O)C(CC(C)C)NC(=O)CSc1nnc2c(n1)[nH]c1ccccc12. The number of carbonyl (C=O) groups excluding carboxylic acids is 2. The number of benzene rings is 1. The Labute approximate surface area is 160 Å². The van der Waals surface area contributed by atoms with Crippen LogP contribution in [-0.4, -0.2) is 50.9 Å². The zero-order valence-electron chi connectivity index (χ0n) is 15.4. The van der Waals surface area contributed by atoms with Crippen molar-refractivity contribution in [1.82, 2.24) is 25.5 Å². The maximum absolute atomic E-state index is 12.2. The molecule has 0 radical (unpaired) electrons. The van der Waals surface area contributed by atoms with Crippen LogP contribution in [0, 0.1) is 5.92 Å². The fourth-order valence-electron chi connectivity index (χ4n) is 2.76. The van der Waals surface area contributed by atoms with Crippen LogP contribution in [0.5, 0.6) is 0 Å². The molecule has 0 saturated carbocycles. The van der Waals surface area contributed by atoms with Crippen molar-refractivity contribution in [2.24, 2.45) is 5.92 Å². The highest BCUT2D eigenvalue weighted by Gasteiger charge is 2.22. The van der Waals surface area contributed by atoms with Crippen molar-refractivity contribution in [1.29, 1.82) is 0 Å². The lowest BCUT2D eigenvalue weighted by molar-refractivity contribution is -0.145. The molecule has 0 aliphatic carbocycles. The molecule has 1 atom stereocenters. The molecule has 3 aromatic rings. The van der Waals surface area contributed by atoms with Gasteiger partial charge in [-0.3, -0.25) is 4.79 Å². The predicted molar refractivity (Wildman–Crippen MR) is 103 cm³/mol. The Morgan fingerprint density at radius 1 is 1.26 bits per heavy atom. The Kier molecular flexibility index (Phi) is 5.90. The summed E-state index contributed by atoms with van der Waals surface area (Å²) >= 11 is 1.16. The van der Waals surface area contributed by atoms with E-state index < -0.39 is 12.0 Å². The van der Waals surface area contributed by atoms with Gasteiger partial charge in [-0.1, -0.05) is 43.8 Å². The van der Waals surface area contributed by atoms with Crippen molar-refractivity contribution in [2.75, 3.05) is 12.9 Å². The second-order valence-corrected chi connectivity index (χ2v) is 7.47. The monoisotopic (exact) mass is 387 g/mol. The number of thioether (sulfide) groups is 1. The van der Waals surface area contributed by atoms with E-state index in [1.54, 1.807) is 0 Å². The summed E-state index contributed by atoms with van der Waals surface area (Å²) in [6.07, 6.45) is 0.516. The van der Waals surface area contributed by atoms with Gasteiger partial charge < -0.3 is 15.0 Å². The van der Waals surface area contributed by atoms with Gasteiger partial charge in [0.2, 0.25) is 11.1 Å². The summed E-state index contributed by atoms with van der Waals surface area (Å²) in [6, 6.07) is 7.10. The first-order valence-electron chi connectivity index (χ1n) is 8.59. The minimum Gasteiger partial charge on any atom is -0.467 e. The van der Waals surface area contributed by atoms with Gasteiger partial charge >= 0.3 is 5.97 Å². The minimum absolute atomic E-state index is 0.0823. The number of methoxy groups -OCH3 is 1. The van der Waals surface area contributed by atoms with E-state index in [9.17, 15) is 9.59 Å². The van der Waals surface area contributed by atoms with Crippen molar-refractivity contribution in [3.63, 3.8) is 0 Å². The normalized spacial score (nSPS) is 12.4. The van der Waals surface area contributed by atoms with Gasteiger partial charge in [-0.05, 0) is 18.4 Å². The third-order valence-corrected chi connectivity index (χ3v) is 4.80. The third-order valence-electron chi connectivity index (χ3n) is 3.96. The van der Waals surface area contributed by atoms with Gasteiger partial charge in [0.05, 0.1) is 12.9 Å². The van der Waals surface area contributed by atoms with Gasteiger partial charge in [-0.15, -0.1) is 10.2 Å². The molecule has 0 aliphatic rings. The van der Waals surface area contributed by atoms with E-state index in [-0.39, 0.29) is 17.6 Å². The summed E-state index contributed by atoms with van der Waals surface area (Å²) in [5.41, 5.74) is 2.26. The number of rotatable bonds is 7. The van der Waals surface area contributed by atoms with E-state index in [0.29, 0.717) is 22.7 Å². The molecule has 9 heteroatoms.